The highest BCUT2D eigenvalue weighted by atomic mass is 32.1. The molecule has 0 aliphatic carbocycles. The molecule has 1 heterocycles. The molecule has 5 heteroatoms. The van der Waals surface area contributed by atoms with Gasteiger partial charge in [0, 0.05) is 16.8 Å². The summed E-state index contributed by atoms with van der Waals surface area (Å²) in [6, 6.07) is 7.36. The third-order valence-electron chi connectivity index (χ3n) is 2.10. The minimum Gasteiger partial charge on any atom is -0.399 e. The number of nitrogens with two attached hydrogens (primary N) is 1. The lowest BCUT2D eigenvalue weighted by atomic mass is 10.1. The van der Waals surface area contributed by atoms with Crippen LogP contribution in [0.1, 0.15) is 10.4 Å². The molecule has 2 aromatic rings. The van der Waals surface area contributed by atoms with Crippen molar-refractivity contribution in [3.05, 3.63) is 40.3 Å². The summed E-state index contributed by atoms with van der Waals surface area (Å²) in [4.78, 5) is 5.11. The first-order valence-electron chi connectivity index (χ1n) is 4.70. The minimum absolute atomic E-state index is 0.560. The topological polar surface area (TPSA) is 74.7 Å². The first-order valence-corrected chi connectivity index (χ1v) is 5.58. The molecule has 1 aromatic heterocycles. The zero-order chi connectivity index (χ0) is 11.4. The van der Waals surface area contributed by atoms with E-state index in [1.807, 2.05) is 6.07 Å². The second kappa shape index (κ2) is 4.64. The maximum absolute atomic E-state index is 8.94. The Hall–Kier alpha value is -2.06. The monoisotopic (exact) mass is 230 g/mol. The molecule has 16 heavy (non-hydrogen) atoms. The first-order chi connectivity index (χ1) is 7.79. The fourth-order valence-corrected chi connectivity index (χ4v) is 1.85. The van der Waals surface area contributed by atoms with Crippen molar-refractivity contribution in [2.45, 2.75) is 6.54 Å². The van der Waals surface area contributed by atoms with Gasteiger partial charge < -0.3 is 11.1 Å². The van der Waals surface area contributed by atoms with Crippen LogP contribution in [0.25, 0.3) is 0 Å². The van der Waals surface area contributed by atoms with Crippen LogP contribution in [0.15, 0.2) is 29.9 Å². The molecule has 0 atom stereocenters. The molecule has 80 valence electrons. The second-order valence-corrected chi connectivity index (χ2v) is 4.21. The number of aromatic nitrogens is 1. The summed E-state index contributed by atoms with van der Waals surface area (Å²) in [6.45, 7) is 0.670. The van der Waals surface area contributed by atoms with Crippen molar-refractivity contribution < 1.29 is 0 Å². The van der Waals surface area contributed by atoms with Gasteiger partial charge in [0.1, 0.15) is 6.07 Å². The first kappa shape index (κ1) is 10.5. The van der Waals surface area contributed by atoms with Crippen LogP contribution in [-0.2, 0) is 6.54 Å². The fourth-order valence-electron chi connectivity index (χ4n) is 1.32. The predicted molar refractivity (Wildman–Crippen MR) is 65.0 cm³/mol. The number of rotatable bonds is 3. The molecule has 0 spiro atoms. The molecule has 0 amide bonds. The number of nitrogens with zero attached hydrogens (tertiary/aromatic N) is 2. The van der Waals surface area contributed by atoms with E-state index in [-0.39, 0.29) is 0 Å². The number of nitrogen functional groups attached to an aromatic ring is 1. The highest BCUT2D eigenvalue weighted by Crippen LogP contribution is 2.19. The summed E-state index contributed by atoms with van der Waals surface area (Å²) < 4.78 is 0. The van der Waals surface area contributed by atoms with Crippen molar-refractivity contribution in [3.8, 4) is 6.07 Å². The largest absolute Gasteiger partial charge is 0.399 e. The number of anilines is 2. The molecule has 0 bridgehead atoms. The van der Waals surface area contributed by atoms with Crippen molar-refractivity contribution in [2.75, 3.05) is 11.1 Å². The van der Waals surface area contributed by atoms with Gasteiger partial charge in [-0.3, -0.25) is 4.98 Å². The highest BCUT2D eigenvalue weighted by molar-refractivity contribution is 7.09. The maximum Gasteiger partial charge on any atom is 0.101 e. The molecular weight excluding hydrogens is 220 g/mol. The van der Waals surface area contributed by atoms with E-state index in [0.717, 1.165) is 10.6 Å². The van der Waals surface area contributed by atoms with Crippen LogP contribution in [0.3, 0.4) is 0 Å². The summed E-state index contributed by atoms with van der Waals surface area (Å²) in [5.74, 6) is 0. The van der Waals surface area contributed by atoms with Gasteiger partial charge >= 0.3 is 0 Å². The van der Waals surface area contributed by atoms with Crippen LogP contribution in [0.2, 0.25) is 0 Å². The summed E-state index contributed by atoms with van der Waals surface area (Å²) in [7, 11) is 0. The van der Waals surface area contributed by atoms with Crippen LogP contribution in [0, 0.1) is 11.3 Å². The number of nitrogens with one attached hydrogen (secondary N) is 1. The summed E-state index contributed by atoms with van der Waals surface area (Å²) in [5, 5.41) is 12.1. The summed E-state index contributed by atoms with van der Waals surface area (Å²) in [6.07, 6.45) is 1.81. The minimum atomic E-state index is 0.560. The number of benzene rings is 1. The van der Waals surface area contributed by atoms with Crippen LogP contribution < -0.4 is 11.1 Å². The highest BCUT2D eigenvalue weighted by Gasteiger charge is 2.02. The average molecular weight is 230 g/mol. The van der Waals surface area contributed by atoms with Gasteiger partial charge in [0.05, 0.1) is 23.3 Å². The quantitative estimate of drug-likeness (QED) is 0.793. The van der Waals surface area contributed by atoms with Crippen LogP contribution >= 0.6 is 11.3 Å². The lowest BCUT2D eigenvalue weighted by molar-refractivity contribution is 1.17. The predicted octanol–water partition coefficient (Wildman–Crippen LogP) is 2.21. The normalized spacial score (nSPS) is 9.69. The Morgan fingerprint density at radius 3 is 3.06 bits per heavy atom. The smallest absolute Gasteiger partial charge is 0.101 e. The van der Waals surface area contributed by atoms with Crippen molar-refractivity contribution >= 4 is 22.7 Å². The van der Waals surface area contributed by atoms with Gasteiger partial charge in [-0.25, -0.2) is 0 Å². The Morgan fingerprint density at radius 1 is 1.50 bits per heavy atom. The Bertz CT molecular complexity index is 513. The molecular formula is C11H10N4S. The lowest BCUT2D eigenvalue weighted by Crippen LogP contribution is -2.00. The van der Waals surface area contributed by atoms with Gasteiger partial charge in [-0.1, -0.05) is 0 Å². The third-order valence-corrected chi connectivity index (χ3v) is 2.88. The summed E-state index contributed by atoms with van der Waals surface area (Å²) >= 11 is 1.58. The molecule has 3 N–H and O–H groups in total. The molecule has 0 saturated heterocycles. The molecule has 0 aliphatic heterocycles. The zero-order valence-electron chi connectivity index (χ0n) is 8.47. The van der Waals surface area contributed by atoms with E-state index in [2.05, 4.69) is 16.4 Å². The standard InChI is InChI=1S/C11H10N4S/c12-4-8-3-9(13)1-2-11(8)15-6-10-5-14-7-16-10/h1-3,5,7,15H,6,13H2. The fraction of sp³-hybridized carbons (Fsp3) is 0.0909. The molecule has 0 fully saturated rings. The van der Waals surface area contributed by atoms with Gasteiger partial charge in [0.2, 0.25) is 0 Å². The number of nitriles is 1. The third kappa shape index (κ3) is 2.30. The Kier molecular flexibility index (Phi) is 3.03. The van der Waals surface area contributed by atoms with E-state index in [1.165, 1.54) is 0 Å². The van der Waals surface area contributed by atoms with Crippen molar-refractivity contribution in [1.82, 2.24) is 4.98 Å². The molecule has 0 unspecified atom stereocenters. The van der Waals surface area contributed by atoms with Gasteiger partial charge in [-0.15, -0.1) is 11.3 Å². The summed E-state index contributed by atoms with van der Waals surface area (Å²) in [5.41, 5.74) is 9.34. The van der Waals surface area contributed by atoms with Crippen molar-refractivity contribution in [1.29, 1.82) is 5.26 Å². The van der Waals surface area contributed by atoms with E-state index in [0.29, 0.717) is 17.8 Å². The number of thiazole rings is 1. The SMILES string of the molecule is N#Cc1cc(N)ccc1NCc1cncs1. The Morgan fingerprint density at radius 2 is 2.38 bits per heavy atom. The van der Waals surface area contributed by atoms with Crippen LogP contribution in [0.4, 0.5) is 11.4 Å². The zero-order valence-corrected chi connectivity index (χ0v) is 9.29. The average Bonchev–Trinajstić information content (AvgIpc) is 2.80. The van der Waals surface area contributed by atoms with Gasteiger partial charge in [0.15, 0.2) is 0 Å². The van der Waals surface area contributed by atoms with Crippen molar-refractivity contribution in [2.24, 2.45) is 0 Å². The van der Waals surface area contributed by atoms with Crippen LogP contribution in [0.5, 0.6) is 0 Å². The van der Waals surface area contributed by atoms with E-state index in [4.69, 9.17) is 11.0 Å². The molecule has 4 nitrogen and oxygen atoms in total. The van der Waals surface area contributed by atoms with Gasteiger partial charge in [-0.05, 0) is 18.2 Å². The Labute approximate surface area is 97.4 Å². The van der Waals surface area contributed by atoms with E-state index < -0.39 is 0 Å². The molecule has 0 saturated carbocycles. The molecule has 1 aromatic carbocycles. The van der Waals surface area contributed by atoms with E-state index in [9.17, 15) is 0 Å². The molecule has 0 radical (unpaired) electrons. The van der Waals surface area contributed by atoms with E-state index in [1.54, 1.807) is 35.2 Å². The van der Waals surface area contributed by atoms with Gasteiger partial charge in [0.25, 0.3) is 0 Å². The van der Waals surface area contributed by atoms with E-state index >= 15 is 0 Å². The molecule has 0 aliphatic rings. The van der Waals surface area contributed by atoms with Crippen LogP contribution in [-0.4, -0.2) is 4.98 Å². The maximum atomic E-state index is 8.94. The number of hydrogen-bond acceptors (Lipinski definition) is 5. The molecule has 2 rings (SSSR count). The second-order valence-electron chi connectivity index (χ2n) is 3.24. The lowest BCUT2D eigenvalue weighted by Gasteiger charge is -2.07. The number of hydrogen-bond donors (Lipinski definition) is 2. The van der Waals surface area contributed by atoms with Crippen molar-refractivity contribution in [3.63, 3.8) is 0 Å². The Balaban J connectivity index is 2.13. The van der Waals surface area contributed by atoms with Gasteiger partial charge in [-0.2, -0.15) is 5.26 Å².